The number of aryl methyl sites for hydroxylation is 1. The molecule has 2 fully saturated rings. The van der Waals surface area contributed by atoms with E-state index in [1.165, 1.54) is 33.7 Å². The van der Waals surface area contributed by atoms with Gasteiger partial charge in [-0.05, 0) is 55.3 Å². The second-order valence-electron chi connectivity index (χ2n) is 11.6. The highest BCUT2D eigenvalue weighted by atomic mass is 16.2. The Kier molecular flexibility index (Phi) is 7.67. The Labute approximate surface area is 242 Å². The fourth-order valence-corrected chi connectivity index (χ4v) is 6.77. The molecule has 1 aromatic heterocycles. The summed E-state index contributed by atoms with van der Waals surface area (Å²) in [4.78, 5) is 37.3. The van der Waals surface area contributed by atoms with E-state index in [9.17, 15) is 9.59 Å². The highest BCUT2D eigenvalue weighted by Crippen LogP contribution is 2.36. The van der Waals surface area contributed by atoms with Gasteiger partial charge in [-0.2, -0.15) is 0 Å². The quantitative estimate of drug-likeness (QED) is 0.466. The van der Waals surface area contributed by atoms with Crippen molar-refractivity contribution in [3.05, 3.63) is 77.6 Å². The molecule has 1 saturated carbocycles. The van der Waals surface area contributed by atoms with Gasteiger partial charge in [-0.15, -0.1) is 0 Å². The topological polar surface area (TPSA) is 94.8 Å². The van der Waals surface area contributed by atoms with Gasteiger partial charge in [0.25, 0.3) is 5.91 Å². The van der Waals surface area contributed by atoms with E-state index in [2.05, 4.69) is 65.0 Å². The van der Waals surface area contributed by atoms with Gasteiger partial charge < -0.3 is 25.8 Å². The molecule has 8 nitrogen and oxygen atoms in total. The molecular weight excluding hydrogens is 512 g/mol. The summed E-state index contributed by atoms with van der Waals surface area (Å²) >= 11 is 0. The predicted molar refractivity (Wildman–Crippen MR) is 164 cm³/mol. The molecule has 2 aromatic carbocycles. The van der Waals surface area contributed by atoms with Crippen LogP contribution in [0.4, 0.5) is 11.4 Å². The van der Waals surface area contributed by atoms with Crippen LogP contribution in [0, 0.1) is 6.92 Å². The van der Waals surface area contributed by atoms with E-state index >= 15 is 0 Å². The zero-order valence-corrected chi connectivity index (χ0v) is 23.9. The van der Waals surface area contributed by atoms with Gasteiger partial charge in [0.15, 0.2) is 0 Å². The Morgan fingerprint density at radius 3 is 2.51 bits per heavy atom. The first kappa shape index (κ1) is 27.3. The first-order valence-electron chi connectivity index (χ1n) is 14.9. The number of fused-ring (bicyclic) bond motifs is 2. The van der Waals surface area contributed by atoms with Crippen molar-refractivity contribution in [1.29, 1.82) is 0 Å². The maximum Gasteiger partial charge on any atom is 0.270 e. The molecule has 3 N–H and O–H groups in total. The third kappa shape index (κ3) is 5.40. The van der Waals surface area contributed by atoms with Crippen molar-refractivity contribution in [2.45, 2.75) is 57.7 Å². The number of aromatic nitrogens is 1. The normalized spacial score (nSPS) is 21.0. The second kappa shape index (κ2) is 11.5. The number of hydrogen-bond donors (Lipinski definition) is 2. The summed E-state index contributed by atoms with van der Waals surface area (Å²) in [6.45, 7) is 9.97. The summed E-state index contributed by atoms with van der Waals surface area (Å²) < 4.78 is 0. The molecule has 2 aliphatic heterocycles. The third-order valence-electron chi connectivity index (χ3n) is 9.07. The van der Waals surface area contributed by atoms with Crippen molar-refractivity contribution in [3.63, 3.8) is 0 Å². The van der Waals surface area contributed by atoms with Crippen LogP contribution in [0.3, 0.4) is 0 Å². The maximum absolute atomic E-state index is 13.6. The summed E-state index contributed by atoms with van der Waals surface area (Å²) in [7, 11) is 0. The molecule has 6 rings (SSSR count). The maximum atomic E-state index is 13.6. The summed E-state index contributed by atoms with van der Waals surface area (Å²) in [6, 6.07) is 14.8. The number of amides is 2. The lowest BCUT2D eigenvalue weighted by Gasteiger charge is -2.39. The van der Waals surface area contributed by atoms with E-state index in [1.54, 1.807) is 0 Å². The van der Waals surface area contributed by atoms with Crippen LogP contribution in [0.1, 0.15) is 53.0 Å². The van der Waals surface area contributed by atoms with Gasteiger partial charge >= 0.3 is 0 Å². The molecule has 1 aliphatic carbocycles. The molecule has 3 aromatic rings. The molecular formula is C33H40N6O2. The molecule has 2 amide bonds. The van der Waals surface area contributed by atoms with Crippen LogP contribution in [0.2, 0.25) is 0 Å². The number of nitrogens with zero attached hydrogens (tertiary/aromatic N) is 4. The standard InChI is InChI=1S/C33H40N6O2/c1-3-31(40)38-18-16-37(17-19-38)30-20-27(33(41)36-26-12-5-4-11-25(26)34)35-28-21-39(15-14-24(28)30)29-13-7-10-23-9-6-8-22(2)32(23)29/h3,6-10,13,20,25-26H,1,4-5,11-12,14-19,21,34H2,2H3,(H,36,41)/t25-,26-/m1/s1. The molecule has 0 radical (unpaired) electrons. The molecule has 0 spiro atoms. The van der Waals surface area contributed by atoms with Crippen LogP contribution in [0.25, 0.3) is 10.8 Å². The van der Waals surface area contributed by atoms with Crippen molar-refractivity contribution < 1.29 is 9.59 Å². The Morgan fingerprint density at radius 1 is 1.00 bits per heavy atom. The van der Waals surface area contributed by atoms with Crippen molar-refractivity contribution in [2.24, 2.45) is 5.73 Å². The van der Waals surface area contributed by atoms with E-state index in [1.807, 2.05) is 11.0 Å². The molecule has 2 atom stereocenters. The Bertz CT molecular complexity index is 1470. The van der Waals surface area contributed by atoms with E-state index in [0.29, 0.717) is 38.4 Å². The van der Waals surface area contributed by atoms with E-state index in [4.69, 9.17) is 10.7 Å². The number of nitrogens with two attached hydrogens (primary N) is 1. The van der Waals surface area contributed by atoms with E-state index in [0.717, 1.165) is 50.0 Å². The largest absolute Gasteiger partial charge is 0.368 e. The molecule has 0 unspecified atom stereocenters. The van der Waals surface area contributed by atoms with Crippen LogP contribution in [0.15, 0.2) is 55.1 Å². The van der Waals surface area contributed by atoms with Crippen LogP contribution in [-0.4, -0.2) is 66.5 Å². The number of nitrogens with one attached hydrogen (secondary N) is 1. The Morgan fingerprint density at radius 2 is 1.76 bits per heavy atom. The molecule has 0 bridgehead atoms. The predicted octanol–water partition coefficient (Wildman–Crippen LogP) is 3.94. The summed E-state index contributed by atoms with van der Waals surface area (Å²) in [5.74, 6) is -0.193. The summed E-state index contributed by atoms with van der Waals surface area (Å²) in [6.07, 6.45) is 6.24. The molecule has 8 heteroatoms. The van der Waals surface area contributed by atoms with Crippen molar-refractivity contribution in [1.82, 2.24) is 15.2 Å². The van der Waals surface area contributed by atoms with Gasteiger partial charge in [0.05, 0.1) is 12.2 Å². The fraction of sp³-hybridized carbons (Fsp3) is 0.424. The Hall–Kier alpha value is -3.91. The number of hydrogen-bond acceptors (Lipinski definition) is 6. The van der Waals surface area contributed by atoms with Gasteiger partial charge in [0.2, 0.25) is 5.91 Å². The average molecular weight is 553 g/mol. The van der Waals surface area contributed by atoms with E-state index in [-0.39, 0.29) is 23.9 Å². The lowest BCUT2D eigenvalue weighted by atomic mass is 9.91. The minimum Gasteiger partial charge on any atom is -0.368 e. The van der Waals surface area contributed by atoms with Gasteiger partial charge in [-0.3, -0.25) is 9.59 Å². The SMILES string of the molecule is C=CC(=O)N1CCN(c2cc(C(=O)N[C@@H]3CCCC[C@H]3N)nc3c2CCN(c2cccc4cccc(C)c24)C3)CC1. The minimum absolute atomic E-state index is 0.0228. The zero-order valence-electron chi connectivity index (χ0n) is 23.9. The molecule has 3 heterocycles. The van der Waals surface area contributed by atoms with Crippen LogP contribution in [-0.2, 0) is 17.8 Å². The lowest BCUT2D eigenvalue weighted by molar-refractivity contribution is -0.126. The molecule has 1 saturated heterocycles. The number of anilines is 2. The number of piperazine rings is 1. The van der Waals surface area contributed by atoms with Gasteiger partial charge in [-0.25, -0.2) is 4.98 Å². The van der Waals surface area contributed by atoms with Gasteiger partial charge in [0, 0.05) is 67.1 Å². The highest BCUT2D eigenvalue weighted by Gasteiger charge is 2.30. The summed E-state index contributed by atoms with van der Waals surface area (Å²) in [5, 5.41) is 5.70. The van der Waals surface area contributed by atoms with Crippen molar-refractivity contribution >= 4 is 34.0 Å². The fourth-order valence-electron chi connectivity index (χ4n) is 6.77. The van der Waals surface area contributed by atoms with Crippen LogP contribution < -0.4 is 20.9 Å². The van der Waals surface area contributed by atoms with Gasteiger partial charge in [0.1, 0.15) is 5.69 Å². The number of rotatable bonds is 5. The first-order chi connectivity index (χ1) is 19.9. The third-order valence-corrected chi connectivity index (χ3v) is 9.07. The van der Waals surface area contributed by atoms with Gasteiger partial charge in [-0.1, -0.05) is 49.8 Å². The number of benzene rings is 2. The second-order valence-corrected chi connectivity index (χ2v) is 11.6. The monoisotopic (exact) mass is 552 g/mol. The average Bonchev–Trinajstić information content (AvgIpc) is 3.01. The molecule has 41 heavy (non-hydrogen) atoms. The number of carbonyl (C=O) groups is 2. The summed E-state index contributed by atoms with van der Waals surface area (Å²) in [5.41, 5.74) is 12.5. The van der Waals surface area contributed by atoms with Crippen molar-refractivity contribution in [2.75, 3.05) is 42.5 Å². The molecule has 3 aliphatic rings. The van der Waals surface area contributed by atoms with Crippen molar-refractivity contribution in [3.8, 4) is 0 Å². The number of carbonyl (C=O) groups excluding carboxylic acids is 2. The lowest BCUT2D eigenvalue weighted by Crippen LogP contribution is -2.50. The first-order valence-corrected chi connectivity index (χ1v) is 14.9. The Balaban J connectivity index is 1.34. The highest BCUT2D eigenvalue weighted by molar-refractivity contribution is 5.97. The smallest absolute Gasteiger partial charge is 0.270 e. The molecule has 214 valence electrons. The van der Waals surface area contributed by atoms with Crippen LogP contribution in [0.5, 0.6) is 0 Å². The van der Waals surface area contributed by atoms with E-state index < -0.39 is 0 Å². The minimum atomic E-state index is -0.157. The number of pyridine rings is 1. The zero-order chi connectivity index (χ0) is 28.5. The van der Waals surface area contributed by atoms with Crippen LogP contribution >= 0.6 is 0 Å².